The average molecular weight is 284 g/mol. The van der Waals surface area contributed by atoms with Crippen LogP contribution in [0, 0.1) is 19.7 Å². The lowest BCUT2D eigenvalue weighted by atomic mass is 10.1. The Morgan fingerprint density at radius 3 is 2.76 bits per heavy atom. The van der Waals surface area contributed by atoms with E-state index in [9.17, 15) is 4.39 Å². The second-order valence-electron chi connectivity index (χ2n) is 4.83. The summed E-state index contributed by atoms with van der Waals surface area (Å²) in [7, 11) is 0. The molecule has 106 valence electrons. The molecule has 0 amide bonds. The Bertz CT molecular complexity index is 813. The number of nitrogens with two attached hydrogens (primary N) is 1. The molecule has 0 saturated carbocycles. The van der Waals surface area contributed by atoms with E-state index in [-0.39, 0.29) is 5.89 Å². The molecule has 6 heteroatoms. The van der Waals surface area contributed by atoms with E-state index in [2.05, 4.69) is 15.1 Å². The van der Waals surface area contributed by atoms with E-state index < -0.39 is 5.82 Å². The van der Waals surface area contributed by atoms with Gasteiger partial charge in [0.15, 0.2) is 0 Å². The van der Waals surface area contributed by atoms with Gasteiger partial charge in [-0.15, -0.1) is 0 Å². The van der Waals surface area contributed by atoms with Gasteiger partial charge in [0.05, 0.1) is 5.56 Å². The Labute approximate surface area is 120 Å². The minimum atomic E-state index is -0.413. The Morgan fingerprint density at radius 2 is 2.00 bits per heavy atom. The highest BCUT2D eigenvalue weighted by atomic mass is 19.1. The number of pyridine rings is 1. The molecule has 5 nitrogen and oxygen atoms in total. The van der Waals surface area contributed by atoms with Crippen LogP contribution in [0.2, 0.25) is 0 Å². The summed E-state index contributed by atoms with van der Waals surface area (Å²) in [5, 5.41) is 3.90. The Morgan fingerprint density at radius 1 is 1.19 bits per heavy atom. The van der Waals surface area contributed by atoms with Crippen molar-refractivity contribution in [3.05, 3.63) is 47.4 Å². The van der Waals surface area contributed by atoms with Gasteiger partial charge in [-0.3, -0.25) is 4.98 Å². The normalized spacial score (nSPS) is 10.8. The van der Waals surface area contributed by atoms with Crippen molar-refractivity contribution in [1.29, 1.82) is 0 Å². The van der Waals surface area contributed by atoms with Gasteiger partial charge in [-0.25, -0.2) is 4.39 Å². The summed E-state index contributed by atoms with van der Waals surface area (Å²) in [4.78, 5) is 8.56. The van der Waals surface area contributed by atoms with Crippen molar-refractivity contribution < 1.29 is 8.91 Å². The molecule has 3 aromatic rings. The molecule has 0 aliphatic rings. The maximum atomic E-state index is 13.3. The van der Waals surface area contributed by atoms with Crippen LogP contribution in [-0.4, -0.2) is 15.1 Å². The van der Waals surface area contributed by atoms with Gasteiger partial charge in [0, 0.05) is 11.9 Å². The first-order chi connectivity index (χ1) is 10.0. The molecule has 0 bridgehead atoms. The first kappa shape index (κ1) is 13.2. The van der Waals surface area contributed by atoms with E-state index >= 15 is 0 Å². The van der Waals surface area contributed by atoms with Gasteiger partial charge in [0.25, 0.3) is 5.89 Å². The topological polar surface area (TPSA) is 77.8 Å². The predicted octanol–water partition coefficient (Wildman–Crippen LogP) is 3.14. The van der Waals surface area contributed by atoms with E-state index in [1.54, 1.807) is 6.20 Å². The van der Waals surface area contributed by atoms with E-state index in [1.807, 2.05) is 19.9 Å². The second-order valence-corrected chi connectivity index (χ2v) is 4.83. The molecule has 2 aromatic heterocycles. The molecule has 0 aliphatic carbocycles. The zero-order valence-corrected chi connectivity index (χ0v) is 11.6. The van der Waals surface area contributed by atoms with E-state index in [4.69, 9.17) is 10.3 Å². The van der Waals surface area contributed by atoms with Crippen LogP contribution in [0.4, 0.5) is 10.1 Å². The molecule has 2 heterocycles. The van der Waals surface area contributed by atoms with Crippen LogP contribution < -0.4 is 5.73 Å². The molecule has 0 atom stereocenters. The number of nitrogens with zero attached hydrogens (tertiary/aromatic N) is 3. The summed E-state index contributed by atoms with van der Waals surface area (Å²) in [5.41, 5.74) is 9.18. The third-order valence-electron chi connectivity index (χ3n) is 3.10. The molecule has 0 spiro atoms. The van der Waals surface area contributed by atoms with Crippen molar-refractivity contribution in [3.8, 4) is 23.0 Å². The molecule has 0 unspecified atom stereocenters. The lowest BCUT2D eigenvalue weighted by molar-refractivity contribution is 0.432. The van der Waals surface area contributed by atoms with Crippen molar-refractivity contribution >= 4 is 5.69 Å². The summed E-state index contributed by atoms with van der Waals surface area (Å²) in [6.45, 7) is 3.88. The van der Waals surface area contributed by atoms with Crippen LogP contribution in [-0.2, 0) is 0 Å². The minimum absolute atomic E-state index is 0.170. The van der Waals surface area contributed by atoms with Gasteiger partial charge in [-0.1, -0.05) is 11.2 Å². The number of nitrogen functional groups attached to an aromatic ring is 1. The number of aryl methyl sites for hydroxylation is 2. The van der Waals surface area contributed by atoms with Gasteiger partial charge in [-0.05, 0) is 43.2 Å². The van der Waals surface area contributed by atoms with Crippen LogP contribution in [0.3, 0.4) is 0 Å². The van der Waals surface area contributed by atoms with Gasteiger partial charge < -0.3 is 10.3 Å². The molecular formula is C15H13FN4O. The van der Waals surface area contributed by atoms with Crippen LogP contribution >= 0.6 is 0 Å². The third-order valence-corrected chi connectivity index (χ3v) is 3.10. The maximum Gasteiger partial charge on any atom is 0.260 e. The highest BCUT2D eigenvalue weighted by Crippen LogP contribution is 2.27. The minimum Gasteiger partial charge on any atom is -0.398 e. The molecule has 0 saturated heterocycles. The Balaban J connectivity index is 2.06. The van der Waals surface area contributed by atoms with Crippen molar-refractivity contribution in [2.45, 2.75) is 13.8 Å². The molecule has 1 aromatic carbocycles. The van der Waals surface area contributed by atoms with Gasteiger partial charge in [0.1, 0.15) is 11.5 Å². The lowest BCUT2D eigenvalue weighted by Crippen LogP contribution is -1.93. The zero-order chi connectivity index (χ0) is 15.0. The lowest BCUT2D eigenvalue weighted by Gasteiger charge is -2.01. The predicted molar refractivity (Wildman–Crippen MR) is 76.8 cm³/mol. The molecule has 0 aliphatic heterocycles. The second kappa shape index (κ2) is 4.97. The van der Waals surface area contributed by atoms with Gasteiger partial charge >= 0.3 is 0 Å². The first-order valence-corrected chi connectivity index (χ1v) is 6.37. The van der Waals surface area contributed by atoms with Crippen molar-refractivity contribution in [1.82, 2.24) is 15.1 Å². The average Bonchev–Trinajstić information content (AvgIpc) is 2.91. The summed E-state index contributed by atoms with van der Waals surface area (Å²) < 4.78 is 18.5. The van der Waals surface area contributed by atoms with Gasteiger partial charge in [-0.2, -0.15) is 4.98 Å². The number of hydrogen-bond donors (Lipinski definition) is 1. The fourth-order valence-corrected chi connectivity index (χ4v) is 2.09. The highest BCUT2D eigenvalue weighted by Gasteiger charge is 2.16. The fourth-order valence-electron chi connectivity index (χ4n) is 2.09. The number of anilines is 1. The number of rotatable bonds is 2. The first-order valence-electron chi connectivity index (χ1n) is 6.37. The monoisotopic (exact) mass is 284 g/mol. The summed E-state index contributed by atoms with van der Waals surface area (Å²) >= 11 is 0. The Hall–Kier alpha value is -2.76. The van der Waals surface area contributed by atoms with Crippen molar-refractivity contribution in [3.63, 3.8) is 0 Å². The molecule has 0 radical (unpaired) electrons. The molecule has 2 N–H and O–H groups in total. The number of aromatic nitrogens is 3. The van der Waals surface area contributed by atoms with Crippen molar-refractivity contribution in [2.24, 2.45) is 0 Å². The van der Waals surface area contributed by atoms with Crippen molar-refractivity contribution in [2.75, 3.05) is 5.73 Å². The maximum absolute atomic E-state index is 13.3. The zero-order valence-electron chi connectivity index (χ0n) is 11.6. The fraction of sp³-hybridized carbons (Fsp3) is 0.133. The molecule has 3 rings (SSSR count). The Kier molecular flexibility index (Phi) is 3.13. The quantitative estimate of drug-likeness (QED) is 0.731. The number of hydrogen-bond acceptors (Lipinski definition) is 5. The summed E-state index contributed by atoms with van der Waals surface area (Å²) in [6, 6.07) is 5.99. The molecular weight excluding hydrogens is 271 g/mol. The van der Waals surface area contributed by atoms with Crippen LogP contribution in [0.15, 0.2) is 35.0 Å². The number of benzene rings is 1. The standard InChI is InChI=1S/C15H13FN4O/c1-8-5-9(2)13(18-7-8)14-19-15(21-20-14)11-6-10(16)3-4-12(11)17/h3-7H,17H2,1-2H3. The van der Waals surface area contributed by atoms with Gasteiger partial charge in [0.2, 0.25) is 5.82 Å². The molecule has 0 fully saturated rings. The number of halogens is 1. The largest absolute Gasteiger partial charge is 0.398 e. The molecule has 21 heavy (non-hydrogen) atoms. The van der Waals surface area contributed by atoms with E-state index in [0.717, 1.165) is 11.1 Å². The summed E-state index contributed by atoms with van der Waals surface area (Å²) in [5.74, 6) is 0.110. The summed E-state index contributed by atoms with van der Waals surface area (Å²) in [6.07, 6.45) is 1.73. The third kappa shape index (κ3) is 2.47. The van der Waals surface area contributed by atoms with Crippen LogP contribution in [0.5, 0.6) is 0 Å². The van der Waals surface area contributed by atoms with E-state index in [0.29, 0.717) is 22.8 Å². The SMILES string of the molecule is Cc1cnc(-c2noc(-c3cc(F)ccc3N)n2)c(C)c1. The van der Waals surface area contributed by atoms with Crippen LogP contribution in [0.25, 0.3) is 23.0 Å². The highest BCUT2D eigenvalue weighted by molar-refractivity contribution is 5.71. The van der Waals surface area contributed by atoms with E-state index in [1.165, 1.54) is 18.2 Å². The van der Waals surface area contributed by atoms with Crippen LogP contribution in [0.1, 0.15) is 11.1 Å². The smallest absolute Gasteiger partial charge is 0.260 e.